The molecule has 0 aromatic carbocycles. The molecule has 5 nitrogen and oxygen atoms in total. The number of aliphatic imine (C=N–C) groups is 1. The van der Waals surface area contributed by atoms with Crippen LogP contribution in [0.1, 0.15) is 44.9 Å². The number of rotatable bonds is 5. The third-order valence-electron chi connectivity index (χ3n) is 6.10. The molecule has 3 rings (SSSR count). The van der Waals surface area contributed by atoms with E-state index in [0.717, 1.165) is 32.2 Å². The van der Waals surface area contributed by atoms with Gasteiger partial charge in [0.2, 0.25) is 0 Å². The van der Waals surface area contributed by atoms with Crippen LogP contribution in [0, 0.1) is 0 Å². The van der Waals surface area contributed by atoms with Crippen LogP contribution < -0.4 is 5.32 Å². The van der Waals surface area contributed by atoms with Gasteiger partial charge in [-0.1, -0.05) is 19.3 Å². The number of nitrogens with one attached hydrogen (secondary N) is 1. The molecule has 3 fully saturated rings. The summed E-state index contributed by atoms with van der Waals surface area (Å²) in [6.07, 6.45) is 9.60. The van der Waals surface area contributed by atoms with Crippen molar-refractivity contribution in [2.75, 3.05) is 59.2 Å². The van der Waals surface area contributed by atoms with Gasteiger partial charge in [0, 0.05) is 56.9 Å². The van der Waals surface area contributed by atoms with Crippen molar-refractivity contribution < 1.29 is 4.74 Å². The van der Waals surface area contributed by atoms with Gasteiger partial charge < -0.3 is 15.0 Å². The molecule has 3 aliphatic rings. The fraction of sp³-hybridized carbons (Fsp3) is 0.947. The summed E-state index contributed by atoms with van der Waals surface area (Å²) < 4.78 is 5.75. The van der Waals surface area contributed by atoms with E-state index >= 15 is 0 Å². The molecule has 1 atom stereocenters. The number of hydrogen-bond acceptors (Lipinski definition) is 4. The molecular weight excluding hydrogens is 332 g/mol. The Kier molecular flexibility index (Phi) is 7.31. The van der Waals surface area contributed by atoms with Crippen molar-refractivity contribution in [3.8, 4) is 0 Å². The summed E-state index contributed by atoms with van der Waals surface area (Å²) in [5.41, 5.74) is 0. The van der Waals surface area contributed by atoms with Crippen molar-refractivity contribution >= 4 is 17.7 Å². The van der Waals surface area contributed by atoms with Crippen LogP contribution >= 0.6 is 11.8 Å². The van der Waals surface area contributed by atoms with Gasteiger partial charge >= 0.3 is 0 Å². The molecule has 144 valence electrons. The molecule has 0 radical (unpaired) electrons. The zero-order valence-electron chi connectivity index (χ0n) is 16.1. The van der Waals surface area contributed by atoms with Gasteiger partial charge in [-0.15, -0.1) is 0 Å². The van der Waals surface area contributed by atoms with E-state index in [1.165, 1.54) is 63.8 Å². The summed E-state index contributed by atoms with van der Waals surface area (Å²) in [7, 11) is 3.73. The highest BCUT2D eigenvalue weighted by molar-refractivity contribution is 8.00. The number of thioether (sulfide) groups is 1. The first kappa shape index (κ1) is 19.3. The van der Waals surface area contributed by atoms with Crippen molar-refractivity contribution in [3.05, 3.63) is 0 Å². The van der Waals surface area contributed by atoms with Crippen LogP contribution in [0.25, 0.3) is 0 Å². The quantitative estimate of drug-likeness (QED) is 0.596. The largest absolute Gasteiger partial charge is 0.383 e. The van der Waals surface area contributed by atoms with Gasteiger partial charge in [-0.25, -0.2) is 0 Å². The molecule has 25 heavy (non-hydrogen) atoms. The normalized spacial score (nSPS) is 27.8. The van der Waals surface area contributed by atoms with Crippen molar-refractivity contribution in [2.45, 2.75) is 55.7 Å². The molecule has 1 N–H and O–H groups in total. The van der Waals surface area contributed by atoms with Gasteiger partial charge in [-0.3, -0.25) is 9.89 Å². The minimum Gasteiger partial charge on any atom is -0.383 e. The van der Waals surface area contributed by atoms with Crippen LogP contribution in [0.15, 0.2) is 4.99 Å². The second-order valence-electron chi connectivity index (χ2n) is 7.77. The minimum absolute atomic E-state index is 0.492. The first-order valence-electron chi connectivity index (χ1n) is 10.1. The van der Waals surface area contributed by atoms with E-state index in [0.29, 0.717) is 10.8 Å². The highest BCUT2D eigenvalue weighted by atomic mass is 32.2. The van der Waals surface area contributed by atoms with Gasteiger partial charge in [0.15, 0.2) is 5.96 Å². The lowest BCUT2D eigenvalue weighted by molar-refractivity contribution is 0.141. The summed E-state index contributed by atoms with van der Waals surface area (Å²) >= 11 is 2.22. The van der Waals surface area contributed by atoms with Gasteiger partial charge in [0.05, 0.1) is 6.61 Å². The molecule has 6 heteroatoms. The van der Waals surface area contributed by atoms with E-state index in [9.17, 15) is 0 Å². The third kappa shape index (κ3) is 5.04. The fourth-order valence-electron chi connectivity index (χ4n) is 4.69. The van der Waals surface area contributed by atoms with E-state index in [-0.39, 0.29) is 0 Å². The Balaban J connectivity index is 1.52. The fourth-order valence-corrected chi connectivity index (χ4v) is 6.26. The van der Waals surface area contributed by atoms with Crippen LogP contribution in [0.2, 0.25) is 0 Å². The zero-order chi connectivity index (χ0) is 17.5. The predicted molar refractivity (Wildman–Crippen MR) is 108 cm³/mol. The van der Waals surface area contributed by atoms with Crippen molar-refractivity contribution in [1.82, 2.24) is 15.1 Å². The summed E-state index contributed by atoms with van der Waals surface area (Å²) in [4.78, 5) is 9.71. The number of hydrogen-bond donors (Lipinski definition) is 1. The first-order valence-corrected chi connectivity index (χ1v) is 11.1. The van der Waals surface area contributed by atoms with Gasteiger partial charge in [-0.05, 0) is 32.2 Å². The first-order chi connectivity index (χ1) is 12.3. The lowest BCUT2D eigenvalue weighted by atomic mass is 9.87. The molecule has 1 spiro atoms. The molecule has 2 heterocycles. The molecular formula is C19H36N4OS. The Hall–Kier alpha value is -0.460. The number of nitrogens with zero attached hydrogens (tertiary/aromatic N) is 3. The summed E-state index contributed by atoms with van der Waals surface area (Å²) in [6, 6.07) is 0.620. The summed E-state index contributed by atoms with van der Waals surface area (Å²) in [6.45, 7) is 6.40. The lowest BCUT2D eigenvalue weighted by Gasteiger charge is -2.45. The second-order valence-corrected chi connectivity index (χ2v) is 9.33. The minimum atomic E-state index is 0.492. The number of likely N-dealkylation sites (tertiary alicyclic amines) is 1. The van der Waals surface area contributed by atoms with Crippen molar-refractivity contribution in [2.24, 2.45) is 4.99 Å². The molecule has 0 aromatic rings. The average molecular weight is 369 g/mol. The highest BCUT2D eigenvalue weighted by Gasteiger charge is 2.38. The molecule has 2 aliphatic heterocycles. The monoisotopic (exact) mass is 368 g/mol. The van der Waals surface area contributed by atoms with Gasteiger partial charge in [0.25, 0.3) is 0 Å². The Morgan fingerprint density at radius 1 is 1.24 bits per heavy atom. The molecule has 0 amide bonds. The second kappa shape index (κ2) is 9.47. The zero-order valence-corrected chi connectivity index (χ0v) is 17.0. The molecule has 1 aliphatic carbocycles. The Labute approximate surface area is 157 Å². The smallest absolute Gasteiger partial charge is 0.193 e. The molecule has 0 bridgehead atoms. The maximum atomic E-state index is 5.26. The van der Waals surface area contributed by atoms with Crippen LogP contribution in [0.5, 0.6) is 0 Å². The predicted octanol–water partition coefficient (Wildman–Crippen LogP) is 2.42. The van der Waals surface area contributed by atoms with Crippen LogP contribution in [-0.4, -0.2) is 85.8 Å². The van der Waals surface area contributed by atoms with Crippen LogP contribution in [-0.2, 0) is 4.74 Å². The standard InChI is InChI=1S/C19H36N4OS/c1-20-18(21-15-17-7-6-10-22(17)11-13-24-2)23-12-14-25-19(16-23)8-4-3-5-9-19/h17H,3-16H2,1-2H3,(H,20,21). The maximum Gasteiger partial charge on any atom is 0.193 e. The van der Waals surface area contributed by atoms with Crippen LogP contribution in [0.4, 0.5) is 0 Å². The van der Waals surface area contributed by atoms with Crippen molar-refractivity contribution in [1.29, 1.82) is 0 Å². The SMILES string of the molecule is CN=C(NCC1CCCN1CCOC)N1CCSC2(CCCCC2)C1. The maximum absolute atomic E-state index is 5.26. The molecule has 0 aromatic heterocycles. The van der Waals surface area contributed by atoms with Crippen LogP contribution in [0.3, 0.4) is 0 Å². The summed E-state index contributed by atoms with van der Waals surface area (Å²) in [5.74, 6) is 2.35. The lowest BCUT2D eigenvalue weighted by Crippen LogP contribution is -2.54. The van der Waals surface area contributed by atoms with E-state index in [1.807, 2.05) is 7.05 Å². The van der Waals surface area contributed by atoms with Gasteiger partial charge in [0.1, 0.15) is 0 Å². The molecule has 1 saturated carbocycles. The topological polar surface area (TPSA) is 40.1 Å². The van der Waals surface area contributed by atoms with Crippen molar-refractivity contribution in [3.63, 3.8) is 0 Å². The summed E-state index contributed by atoms with van der Waals surface area (Å²) in [5, 5.41) is 3.69. The average Bonchev–Trinajstić information content (AvgIpc) is 3.09. The molecule has 1 unspecified atom stereocenters. The Morgan fingerprint density at radius 3 is 2.84 bits per heavy atom. The van der Waals surface area contributed by atoms with Gasteiger partial charge in [-0.2, -0.15) is 11.8 Å². The Bertz CT molecular complexity index is 434. The van der Waals surface area contributed by atoms with E-state index in [1.54, 1.807) is 7.11 Å². The van der Waals surface area contributed by atoms with E-state index in [4.69, 9.17) is 4.74 Å². The number of guanidine groups is 1. The number of methoxy groups -OCH3 is 1. The molecule has 2 saturated heterocycles. The Morgan fingerprint density at radius 2 is 2.08 bits per heavy atom. The third-order valence-corrected chi connectivity index (χ3v) is 7.64. The highest BCUT2D eigenvalue weighted by Crippen LogP contribution is 2.42. The number of ether oxygens (including phenoxy) is 1. The van der Waals surface area contributed by atoms with E-state index < -0.39 is 0 Å². The van der Waals surface area contributed by atoms with E-state index in [2.05, 4.69) is 31.9 Å².